The molecule has 1 aliphatic heterocycles. The predicted octanol–water partition coefficient (Wildman–Crippen LogP) is 2.87. The Balaban J connectivity index is 3.16. The summed E-state index contributed by atoms with van der Waals surface area (Å²) in [5, 5.41) is 1.67. The average Bonchev–Trinajstić information content (AvgIpc) is 2.39. The number of allylic oxidation sites excluding steroid dienone is 4. The zero-order valence-corrected chi connectivity index (χ0v) is 8.99. The van der Waals surface area contributed by atoms with Crippen molar-refractivity contribution >= 4 is 6.02 Å². The SMILES string of the molecule is CCOC1=NC(C(F)(F)F)=CC=C(C(F)(F)F)N1. The maximum atomic E-state index is 12.4. The van der Waals surface area contributed by atoms with Crippen LogP contribution < -0.4 is 5.32 Å². The summed E-state index contributed by atoms with van der Waals surface area (Å²) >= 11 is 0. The highest BCUT2D eigenvalue weighted by Crippen LogP contribution is 2.30. The minimum absolute atomic E-state index is 0.123. The Morgan fingerprint density at radius 3 is 2.17 bits per heavy atom. The Bertz CT molecular complexity index is 404. The smallest absolute Gasteiger partial charge is 0.433 e. The highest BCUT2D eigenvalue weighted by Gasteiger charge is 2.39. The fraction of sp³-hybridized carbons (Fsp3) is 0.444. The van der Waals surface area contributed by atoms with Gasteiger partial charge in [0.05, 0.1) is 6.61 Å². The van der Waals surface area contributed by atoms with E-state index >= 15 is 0 Å². The van der Waals surface area contributed by atoms with Crippen molar-refractivity contribution in [3.63, 3.8) is 0 Å². The largest absolute Gasteiger partial charge is 0.465 e. The molecule has 0 aromatic rings. The predicted molar refractivity (Wildman–Crippen MR) is 50.5 cm³/mol. The quantitative estimate of drug-likeness (QED) is 0.746. The molecular weight excluding hydrogens is 266 g/mol. The molecule has 0 radical (unpaired) electrons. The summed E-state index contributed by atoms with van der Waals surface area (Å²) in [6.45, 7) is 1.28. The van der Waals surface area contributed by atoms with Gasteiger partial charge in [0.2, 0.25) is 0 Å². The van der Waals surface area contributed by atoms with Crippen LogP contribution in [0.25, 0.3) is 0 Å². The Hall–Kier alpha value is -1.67. The molecule has 0 aromatic carbocycles. The van der Waals surface area contributed by atoms with Gasteiger partial charge in [-0.05, 0) is 19.1 Å². The molecule has 0 bridgehead atoms. The topological polar surface area (TPSA) is 33.6 Å². The summed E-state index contributed by atoms with van der Waals surface area (Å²) in [5.74, 6) is 0. The first-order valence-electron chi connectivity index (χ1n) is 4.69. The highest BCUT2D eigenvalue weighted by atomic mass is 19.4. The van der Waals surface area contributed by atoms with Gasteiger partial charge in [0.25, 0.3) is 6.02 Å². The number of hydrogen-bond acceptors (Lipinski definition) is 3. The maximum Gasteiger partial charge on any atom is 0.433 e. The minimum Gasteiger partial charge on any atom is -0.465 e. The Kier molecular flexibility index (Phi) is 3.92. The molecule has 0 aromatic heterocycles. The summed E-state index contributed by atoms with van der Waals surface area (Å²) in [6.07, 6.45) is -9.18. The molecule has 9 heteroatoms. The molecule has 0 spiro atoms. The van der Waals surface area contributed by atoms with Gasteiger partial charge in [-0.15, -0.1) is 0 Å². The van der Waals surface area contributed by atoms with Crippen molar-refractivity contribution in [2.45, 2.75) is 19.3 Å². The van der Waals surface area contributed by atoms with E-state index in [0.29, 0.717) is 0 Å². The Labute approximate surface area is 97.8 Å². The summed E-state index contributed by atoms with van der Waals surface area (Å²) < 4.78 is 79.0. The van der Waals surface area contributed by atoms with E-state index in [-0.39, 0.29) is 18.8 Å². The number of alkyl halides is 6. The van der Waals surface area contributed by atoms with E-state index in [0.717, 1.165) is 0 Å². The number of nitrogens with zero attached hydrogens (tertiary/aromatic N) is 1. The van der Waals surface area contributed by atoms with Gasteiger partial charge in [0.15, 0.2) is 0 Å². The Morgan fingerprint density at radius 2 is 1.72 bits per heavy atom. The summed E-state index contributed by atoms with van der Waals surface area (Å²) in [6, 6.07) is -0.845. The van der Waals surface area contributed by atoms with Crippen molar-refractivity contribution in [3.05, 3.63) is 23.5 Å². The van der Waals surface area contributed by atoms with Gasteiger partial charge < -0.3 is 10.1 Å². The molecule has 0 saturated carbocycles. The van der Waals surface area contributed by atoms with Crippen molar-refractivity contribution in [3.8, 4) is 0 Å². The van der Waals surface area contributed by atoms with Crippen molar-refractivity contribution in [1.82, 2.24) is 5.32 Å². The van der Waals surface area contributed by atoms with Crippen LogP contribution in [0.3, 0.4) is 0 Å². The minimum atomic E-state index is -4.86. The van der Waals surface area contributed by atoms with Crippen LogP contribution in [0.5, 0.6) is 0 Å². The van der Waals surface area contributed by atoms with Gasteiger partial charge in [-0.2, -0.15) is 31.3 Å². The van der Waals surface area contributed by atoms with E-state index in [4.69, 9.17) is 0 Å². The first-order valence-corrected chi connectivity index (χ1v) is 4.69. The van der Waals surface area contributed by atoms with Crippen molar-refractivity contribution in [2.24, 2.45) is 4.99 Å². The van der Waals surface area contributed by atoms with Crippen LogP contribution in [0.4, 0.5) is 26.3 Å². The molecule has 1 rings (SSSR count). The third kappa shape index (κ3) is 3.67. The summed E-state index contributed by atoms with van der Waals surface area (Å²) in [7, 11) is 0. The van der Waals surface area contributed by atoms with Crippen molar-refractivity contribution in [2.75, 3.05) is 6.61 Å². The number of halogens is 6. The lowest BCUT2D eigenvalue weighted by Crippen LogP contribution is -2.32. The fourth-order valence-electron chi connectivity index (χ4n) is 1.02. The van der Waals surface area contributed by atoms with Crippen LogP contribution >= 0.6 is 0 Å². The molecule has 1 heterocycles. The standard InChI is InChI=1S/C9H8F6N2O/c1-2-18-7-16-5(8(10,11)12)3-4-6(17-7)9(13,14)15/h3-4H,2H2,1H3,(H,16,17). The average molecular weight is 274 g/mol. The molecule has 102 valence electrons. The van der Waals surface area contributed by atoms with Crippen LogP contribution in [0.2, 0.25) is 0 Å². The molecule has 1 N–H and O–H groups in total. The second-order valence-corrected chi connectivity index (χ2v) is 3.10. The monoisotopic (exact) mass is 274 g/mol. The number of rotatable bonds is 1. The third-order valence-corrected chi connectivity index (χ3v) is 1.75. The van der Waals surface area contributed by atoms with Gasteiger partial charge in [-0.3, -0.25) is 0 Å². The lowest BCUT2D eigenvalue weighted by atomic mass is 10.3. The molecular formula is C9H8F6N2O. The lowest BCUT2D eigenvalue weighted by Gasteiger charge is -2.14. The molecule has 0 atom stereocenters. The molecule has 0 amide bonds. The molecule has 0 unspecified atom stereocenters. The van der Waals surface area contributed by atoms with Crippen LogP contribution in [-0.2, 0) is 4.74 Å². The van der Waals surface area contributed by atoms with E-state index in [1.54, 1.807) is 5.32 Å². The zero-order chi connectivity index (χ0) is 14.0. The number of amidine groups is 1. The second kappa shape index (κ2) is 4.91. The van der Waals surface area contributed by atoms with Crippen molar-refractivity contribution < 1.29 is 31.1 Å². The van der Waals surface area contributed by atoms with Crippen LogP contribution in [-0.4, -0.2) is 25.0 Å². The van der Waals surface area contributed by atoms with E-state index in [2.05, 4.69) is 9.73 Å². The van der Waals surface area contributed by atoms with E-state index < -0.39 is 29.8 Å². The zero-order valence-electron chi connectivity index (χ0n) is 8.99. The first-order chi connectivity index (χ1) is 8.14. The van der Waals surface area contributed by atoms with Gasteiger partial charge in [-0.1, -0.05) is 0 Å². The van der Waals surface area contributed by atoms with Crippen LogP contribution in [0, 0.1) is 0 Å². The first kappa shape index (κ1) is 14.4. The summed E-state index contributed by atoms with van der Waals surface area (Å²) in [4.78, 5) is 2.97. The van der Waals surface area contributed by atoms with Crippen LogP contribution in [0.1, 0.15) is 6.92 Å². The third-order valence-electron chi connectivity index (χ3n) is 1.75. The van der Waals surface area contributed by atoms with E-state index in [1.165, 1.54) is 6.92 Å². The number of nitrogens with one attached hydrogen (secondary N) is 1. The van der Waals surface area contributed by atoms with Crippen LogP contribution in [0.15, 0.2) is 28.5 Å². The molecule has 3 nitrogen and oxygen atoms in total. The van der Waals surface area contributed by atoms with Gasteiger partial charge >= 0.3 is 12.4 Å². The molecule has 18 heavy (non-hydrogen) atoms. The number of ether oxygens (including phenoxy) is 1. The van der Waals surface area contributed by atoms with Crippen molar-refractivity contribution in [1.29, 1.82) is 0 Å². The number of aliphatic imine (C=N–C) groups is 1. The van der Waals surface area contributed by atoms with Gasteiger partial charge in [-0.25, -0.2) is 0 Å². The fourth-order valence-corrected chi connectivity index (χ4v) is 1.02. The molecule has 0 aliphatic carbocycles. The Morgan fingerprint density at radius 1 is 1.11 bits per heavy atom. The molecule has 0 saturated heterocycles. The highest BCUT2D eigenvalue weighted by molar-refractivity contribution is 5.77. The molecule has 1 aliphatic rings. The normalized spacial score (nSPS) is 17.2. The maximum absolute atomic E-state index is 12.4. The van der Waals surface area contributed by atoms with E-state index in [9.17, 15) is 26.3 Å². The second-order valence-electron chi connectivity index (χ2n) is 3.10. The number of hydrogen-bond donors (Lipinski definition) is 1. The van der Waals surface area contributed by atoms with Gasteiger partial charge in [0, 0.05) is 0 Å². The van der Waals surface area contributed by atoms with Gasteiger partial charge in [0.1, 0.15) is 11.4 Å². The summed E-state index contributed by atoms with van der Waals surface area (Å²) in [5.41, 5.74) is -2.85. The molecule has 0 fully saturated rings. The lowest BCUT2D eigenvalue weighted by molar-refractivity contribution is -0.0955. The van der Waals surface area contributed by atoms with E-state index in [1.807, 2.05) is 0 Å².